The highest BCUT2D eigenvalue weighted by atomic mass is 19.1. The standard InChI is InChI=1S/C15H13F2NO/c1-2-18(12-9-7-11(16)8-10-12)15(19)13-5-3-4-6-14(13)17/h3-10H,2H2,1H3. The first-order valence-corrected chi connectivity index (χ1v) is 5.95. The van der Waals surface area contributed by atoms with Crippen molar-refractivity contribution >= 4 is 11.6 Å². The normalized spacial score (nSPS) is 10.3. The van der Waals surface area contributed by atoms with Crippen LogP contribution in [-0.4, -0.2) is 12.5 Å². The summed E-state index contributed by atoms with van der Waals surface area (Å²) >= 11 is 0. The van der Waals surface area contributed by atoms with Crippen molar-refractivity contribution in [2.75, 3.05) is 11.4 Å². The van der Waals surface area contributed by atoms with Crippen LogP contribution in [-0.2, 0) is 0 Å². The van der Waals surface area contributed by atoms with Crippen molar-refractivity contribution in [1.29, 1.82) is 0 Å². The Labute approximate surface area is 110 Å². The molecule has 0 aliphatic rings. The smallest absolute Gasteiger partial charge is 0.261 e. The van der Waals surface area contributed by atoms with Gasteiger partial charge in [-0.15, -0.1) is 0 Å². The lowest BCUT2D eigenvalue weighted by atomic mass is 10.1. The first kappa shape index (κ1) is 13.2. The van der Waals surface area contributed by atoms with Gasteiger partial charge in [-0.05, 0) is 43.3 Å². The molecule has 2 rings (SSSR count). The lowest BCUT2D eigenvalue weighted by molar-refractivity contribution is 0.0984. The van der Waals surface area contributed by atoms with Crippen LogP contribution in [0, 0.1) is 11.6 Å². The molecule has 0 radical (unpaired) electrons. The number of hydrogen-bond donors (Lipinski definition) is 0. The predicted octanol–water partition coefficient (Wildman–Crippen LogP) is 3.63. The second-order valence-corrected chi connectivity index (χ2v) is 4.01. The lowest BCUT2D eigenvalue weighted by Gasteiger charge is -2.21. The molecule has 0 aliphatic heterocycles. The summed E-state index contributed by atoms with van der Waals surface area (Å²) < 4.78 is 26.5. The van der Waals surface area contributed by atoms with Crippen LogP contribution >= 0.6 is 0 Å². The van der Waals surface area contributed by atoms with Crippen LogP contribution in [0.4, 0.5) is 14.5 Å². The van der Waals surface area contributed by atoms with Crippen molar-refractivity contribution in [3.8, 4) is 0 Å². The van der Waals surface area contributed by atoms with E-state index in [4.69, 9.17) is 0 Å². The van der Waals surface area contributed by atoms with Crippen molar-refractivity contribution in [2.45, 2.75) is 6.92 Å². The van der Waals surface area contributed by atoms with Gasteiger partial charge in [-0.2, -0.15) is 0 Å². The van der Waals surface area contributed by atoms with Crippen molar-refractivity contribution in [2.24, 2.45) is 0 Å². The van der Waals surface area contributed by atoms with Crippen molar-refractivity contribution < 1.29 is 13.6 Å². The number of nitrogens with zero attached hydrogens (tertiary/aromatic N) is 1. The summed E-state index contributed by atoms with van der Waals surface area (Å²) in [5.74, 6) is -1.38. The van der Waals surface area contributed by atoms with E-state index < -0.39 is 11.7 Å². The van der Waals surface area contributed by atoms with E-state index in [0.29, 0.717) is 12.2 Å². The van der Waals surface area contributed by atoms with Crippen LogP contribution in [0.1, 0.15) is 17.3 Å². The van der Waals surface area contributed by atoms with Crippen LogP contribution in [0.5, 0.6) is 0 Å². The van der Waals surface area contributed by atoms with Crippen molar-refractivity contribution in [3.63, 3.8) is 0 Å². The Morgan fingerprint density at radius 2 is 1.68 bits per heavy atom. The minimum atomic E-state index is -0.562. The van der Waals surface area contributed by atoms with Gasteiger partial charge in [-0.3, -0.25) is 4.79 Å². The summed E-state index contributed by atoms with van der Waals surface area (Å²) in [4.78, 5) is 13.7. The van der Waals surface area contributed by atoms with Gasteiger partial charge in [0.05, 0.1) is 5.56 Å². The Hall–Kier alpha value is -2.23. The zero-order valence-electron chi connectivity index (χ0n) is 10.4. The first-order valence-electron chi connectivity index (χ1n) is 5.95. The summed E-state index contributed by atoms with van der Waals surface area (Å²) in [5.41, 5.74) is 0.547. The highest BCUT2D eigenvalue weighted by Crippen LogP contribution is 2.19. The Morgan fingerprint density at radius 3 is 2.26 bits per heavy atom. The number of carbonyl (C=O) groups is 1. The Bertz CT molecular complexity index is 581. The molecule has 0 heterocycles. The van der Waals surface area contributed by atoms with Gasteiger partial charge in [0.2, 0.25) is 0 Å². The average Bonchev–Trinajstić information content (AvgIpc) is 2.42. The summed E-state index contributed by atoms with van der Waals surface area (Å²) in [6.07, 6.45) is 0. The molecule has 0 aromatic heterocycles. The lowest BCUT2D eigenvalue weighted by Crippen LogP contribution is -2.31. The SMILES string of the molecule is CCN(C(=O)c1ccccc1F)c1ccc(F)cc1. The van der Waals surface area contributed by atoms with Crippen LogP contribution in [0.2, 0.25) is 0 Å². The molecule has 19 heavy (non-hydrogen) atoms. The van der Waals surface area contributed by atoms with Crippen LogP contribution in [0.25, 0.3) is 0 Å². The number of amides is 1. The molecule has 0 N–H and O–H groups in total. The number of benzene rings is 2. The molecule has 2 aromatic rings. The van der Waals surface area contributed by atoms with E-state index in [0.717, 1.165) is 0 Å². The van der Waals surface area contributed by atoms with Gasteiger partial charge in [0.25, 0.3) is 5.91 Å². The van der Waals surface area contributed by atoms with Gasteiger partial charge in [-0.25, -0.2) is 8.78 Å². The quantitative estimate of drug-likeness (QED) is 0.826. The van der Waals surface area contributed by atoms with Gasteiger partial charge in [0.15, 0.2) is 0 Å². The van der Waals surface area contributed by atoms with Gasteiger partial charge in [-0.1, -0.05) is 12.1 Å². The summed E-state index contributed by atoms with van der Waals surface area (Å²) in [6, 6.07) is 11.3. The highest BCUT2D eigenvalue weighted by Gasteiger charge is 2.18. The number of carbonyl (C=O) groups excluding carboxylic acids is 1. The second kappa shape index (κ2) is 5.61. The number of halogens is 2. The molecular weight excluding hydrogens is 248 g/mol. The molecule has 98 valence electrons. The Morgan fingerprint density at radius 1 is 1.05 bits per heavy atom. The number of anilines is 1. The molecule has 0 unspecified atom stereocenters. The molecule has 0 aliphatic carbocycles. The highest BCUT2D eigenvalue weighted by molar-refractivity contribution is 6.06. The van der Waals surface area contributed by atoms with E-state index in [1.807, 2.05) is 0 Å². The van der Waals surface area contributed by atoms with E-state index in [9.17, 15) is 13.6 Å². The second-order valence-electron chi connectivity index (χ2n) is 4.01. The molecule has 2 aromatic carbocycles. The molecule has 4 heteroatoms. The fourth-order valence-electron chi connectivity index (χ4n) is 1.84. The zero-order valence-corrected chi connectivity index (χ0v) is 10.4. The number of rotatable bonds is 3. The Balaban J connectivity index is 2.35. The van der Waals surface area contributed by atoms with Gasteiger partial charge in [0, 0.05) is 12.2 Å². The van der Waals surface area contributed by atoms with Crippen LogP contribution in [0.3, 0.4) is 0 Å². The average molecular weight is 261 g/mol. The maximum Gasteiger partial charge on any atom is 0.261 e. The molecular formula is C15H13F2NO. The van der Waals surface area contributed by atoms with Crippen molar-refractivity contribution in [3.05, 3.63) is 65.7 Å². The fourth-order valence-corrected chi connectivity index (χ4v) is 1.84. The topological polar surface area (TPSA) is 20.3 Å². The molecule has 0 spiro atoms. The van der Waals surface area contributed by atoms with E-state index in [2.05, 4.69) is 0 Å². The van der Waals surface area contributed by atoms with Crippen molar-refractivity contribution in [1.82, 2.24) is 0 Å². The molecule has 0 saturated heterocycles. The molecule has 2 nitrogen and oxygen atoms in total. The summed E-state index contributed by atoms with van der Waals surface area (Å²) in [7, 11) is 0. The molecule has 1 amide bonds. The fraction of sp³-hybridized carbons (Fsp3) is 0.133. The van der Waals surface area contributed by atoms with E-state index in [1.165, 1.54) is 47.4 Å². The molecule has 0 atom stereocenters. The minimum absolute atomic E-state index is 0.00803. The van der Waals surface area contributed by atoms with Gasteiger partial charge in [0.1, 0.15) is 11.6 Å². The largest absolute Gasteiger partial charge is 0.309 e. The minimum Gasteiger partial charge on any atom is -0.309 e. The third kappa shape index (κ3) is 2.78. The third-order valence-electron chi connectivity index (χ3n) is 2.80. The maximum absolute atomic E-state index is 13.6. The van der Waals surface area contributed by atoms with Crippen LogP contribution in [0.15, 0.2) is 48.5 Å². The van der Waals surface area contributed by atoms with E-state index in [-0.39, 0.29) is 11.4 Å². The summed E-state index contributed by atoms with van der Waals surface area (Å²) in [5, 5.41) is 0. The summed E-state index contributed by atoms with van der Waals surface area (Å²) in [6.45, 7) is 2.15. The number of hydrogen-bond acceptors (Lipinski definition) is 1. The van der Waals surface area contributed by atoms with E-state index >= 15 is 0 Å². The zero-order chi connectivity index (χ0) is 13.8. The maximum atomic E-state index is 13.6. The van der Waals surface area contributed by atoms with Crippen LogP contribution < -0.4 is 4.90 Å². The first-order chi connectivity index (χ1) is 9.13. The van der Waals surface area contributed by atoms with Gasteiger partial charge >= 0.3 is 0 Å². The Kier molecular flexibility index (Phi) is 3.90. The predicted molar refractivity (Wildman–Crippen MR) is 70.2 cm³/mol. The molecule has 0 fully saturated rings. The molecule has 0 saturated carbocycles. The van der Waals surface area contributed by atoms with Gasteiger partial charge < -0.3 is 4.90 Å². The third-order valence-corrected chi connectivity index (χ3v) is 2.80. The van der Waals surface area contributed by atoms with E-state index in [1.54, 1.807) is 13.0 Å². The monoisotopic (exact) mass is 261 g/mol. The molecule has 0 bridgehead atoms.